The van der Waals surface area contributed by atoms with E-state index in [1.807, 2.05) is 24.3 Å². The Bertz CT molecular complexity index is 658. The van der Waals surface area contributed by atoms with Crippen LogP contribution in [0.25, 0.3) is 10.9 Å². The molecule has 0 fully saturated rings. The molecule has 1 heterocycles. The second-order valence-corrected chi connectivity index (χ2v) is 6.19. The Balaban J connectivity index is 1.85. The fraction of sp³-hybridized carbons (Fsp3) is 0.526. The van der Waals surface area contributed by atoms with Crippen LogP contribution in [-0.4, -0.2) is 16.5 Å². The van der Waals surface area contributed by atoms with Crippen LogP contribution in [0.3, 0.4) is 0 Å². The van der Waals surface area contributed by atoms with Crippen LogP contribution in [0.4, 0.5) is 11.4 Å². The maximum atomic E-state index is 11.3. The van der Waals surface area contributed by atoms with Crippen molar-refractivity contribution in [1.29, 1.82) is 0 Å². The molecule has 0 aliphatic heterocycles. The summed E-state index contributed by atoms with van der Waals surface area (Å²) in [6.07, 6.45) is 11.3. The summed E-state index contributed by atoms with van der Waals surface area (Å²) in [5, 5.41) is 15.3. The maximum Gasteiger partial charge on any atom is 0.311 e. The van der Waals surface area contributed by atoms with E-state index in [1.165, 1.54) is 44.7 Å². The first-order valence-electron chi connectivity index (χ1n) is 9.00. The van der Waals surface area contributed by atoms with Gasteiger partial charge < -0.3 is 5.32 Å². The molecule has 24 heavy (non-hydrogen) atoms. The van der Waals surface area contributed by atoms with Gasteiger partial charge in [0.05, 0.1) is 10.4 Å². The molecule has 0 aliphatic rings. The number of nitro groups is 1. The second kappa shape index (κ2) is 9.85. The van der Waals surface area contributed by atoms with Gasteiger partial charge in [0, 0.05) is 11.9 Å². The lowest BCUT2D eigenvalue weighted by atomic mass is 10.1. The predicted molar refractivity (Wildman–Crippen MR) is 99.5 cm³/mol. The molecule has 0 unspecified atom stereocenters. The number of para-hydroxylation sites is 1. The van der Waals surface area contributed by atoms with Crippen molar-refractivity contribution in [3.8, 4) is 0 Å². The smallest absolute Gasteiger partial charge is 0.311 e. The van der Waals surface area contributed by atoms with E-state index in [2.05, 4.69) is 17.2 Å². The second-order valence-electron chi connectivity index (χ2n) is 6.19. The highest BCUT2D eigenvalue weighted by molar-refractivity contribution is 5.95. The first kappa shape index (κ1) is 18.2. The summed E-state index contributed by atoms with van der Waals surface area (Å²) in [4.78, 5) is 15.1. The van der Waals surface area contributed by atoms with Gasteiger partial charge in [-0.25, -0.2) is 4.98 Å². The van der Waals surface area contributed by atoms with Crippen molar-refractivity contribution < 1.29 is 4.92 Å². The standard InChI is InChI=1S/C19H27N3O2/c1-2-3-4-5-6-7-8-11-14-20-19-16-12-9-10-13-17(16)21-15-18(19)22(23)24/h9-10,12-13,15H,2-8,11,14H2,1H3,(H,20,21). The Labute approximate surface area is 143 Å². The van der Waals surface area contributed by atoms with E-state index in [4.69, 9.17) is 0 Å². The summed E-state index contributed by atoms with van der Waals surface area (Å²) >= 11 is 0. The third-order valence-corrected chi connectivity index (χ3v) is 4.28. The molecule has 0 atom stereocenters. The maximum absolute atomic E-state index is 11.3. The number of hydrogen-bond acceptors (Lipinski definition) is 4. The third kappa shape index (κ3) is 5.18. The highest BCUT2D eigenvalue weighted by Gasteiger charge is 2.17. The topological polar surface area (TPSA) is 68.1 Å². The van der Waals surface area contributed by atoms with Crippen LogP contribution in [0, 0.1) is 10.1 Å². The number of rotatable bonds is 11. The van der Waals surface area contributed by atoms with Gasteiger partial charge in [-0.05, 0) is 12.5 Å². The molecule has 0 saturated heterocycles. The molecule has 5 nitrogen and oxygen atoms in total. The third-order valence-electron chi connectivity index (χ3n) is 4.28. The number of aromatic nitrogens is 1. The highest BCUT2D eigenvalue weighted by atomic mass is 16.6. The van der Waals surface area contributed by atoms with Crippen molar-refractivity contribution in [1.82, 2.24) is 4.98 Å². The Morgan fingerprint density at radius 2 is 1.71 bits per heavy atom. The summed E-state index contributed by atoms with van der Waals surface area (Å²) in [7, 11) is 0. The molecule has 1 aromatic carbocycles. The molecular formula is C19H27N3O2. The lowest BCUT2D eigenvalue weighted by Gasteiger charge is -2.10. The van der Waals surface area contributed by atoms with Crippen molar-refractivity contribution in [2.45, 2.75) is 58.3 Å². The van der Waals surface area contributed by atoms with E-state index >= 15 is 0 Å². The molecule has 0 aliphatic carbocycles. The molecule has 1 N–H and O–H groups in total. The summed E-state index contributed by atoms with van der Waals surface area (Å²) < 4.78 is 0. The quantitative estimate of drug-likeness (QED) is 0.326. The molecular weight excluding hydrogens is 302 g/mol. The predicted octanol–water partition coefficient (Wildman–Crippen LogP) is 5.70. The van der Waals surface area contributed by atoms with Crippen LogP contribution in [0.5, 0.6) is 0 Å². The first-order valence-corrected chi connectivity index (χ1v) is 9.00. The van der Waals surface area contributed by atoms with Crippen LogP contribution in [0.2, 0.25) is 0 Å². The van der Waals surface area contributed by atoms with Crippen LogP contribution in [0.1, 0.15) is 58.3 Å². The fourth-order valence-corrected chi connectivity index (χ4v) is 2.93. The summed E-state index contributed by atoms with van der Waals surface area (Å²) in [5.41, 5.74) is 1.42. The molecule has 0 radical (unpaired) electrons. The van der Waals surface area contributed by atoms with Gasteiger partial charge in [0.1, 0.15) is 11.9 Å². The molecule has 0 saturated carbocycles. The van der Waals surface area contributed by atoms with Crippen molar-refractivity contribution in [2.24, 2.45) is 0 Å². The molecule has 2 rings (SSSR count). The van der Waals surface area contributed by atoms with Crippen molar-refractivity contribution in [3.05, 3.63) is 40.6 Å². The Kier molecular flexibility index (Phi) is 7.46. The van der Waals surface area contributed by atoms with Gasteiger partial charge in [-0.3, -0.25) is 10.1 Å². The van der Waals surface area contributed by atoms with Gasteiger partial charge in [-0.15, -0.1) is 0 Å². The first-order chi connectivity index (χ1) is 11.7. The van der Waals surface area contributed by atoms with Gasteiger partial charge in [0.25, 0.3) is 0 Å². The summed E-state index contributed by atoms with van der Waals surface area (Å²) in [5.74, 6) is 0. The number of nitrogens with zero attached hydrogens (tertiary/aromatic N) is 2. The molecule has 0 spiro atoms. The lowest BCUT2D eigenvalue weighted by molar-refractivity contribution is -0.384. The number of pyridine rings is 1. The van der Waals surface area contributed by atoms with Gasteiger partial charge in [-0.1, -0.05) is 70.1 Å². The van der Waals surface area contributed by atoms with Gasteiger partial charge >= 0.3 is 5.69 Å². The monoisotopic (exact) mass is 329 g/mol. The molecule has 0 amide bonds. The average molecular weight is 329 g/mol. The van der Waals surface area contributed by atoms with E-state index < -0.39 is 0 Å². The normalized spacial score (nSPS) is 10.9. The van der Waals surface area contributed by atoms with Crippen LogP contribution < -0.4 is 5.32 Å². The van der Waals surface area contributed by atoms with E-state index in [-0.39, 0.29) is 10.6 Å². The fourth-order valence-electron chi connectivity index (χ4n) is 2.93. The van der Waals surface area contributed by atoms with E-state index in [9.17, 15) is 10.1 Å². The lowest BCUT2D eigenvalue weighted by Crippen LogP contribution is -2.05. The van der Waals surface area contributed by atoms with Gasteiger partial charge in [-0.2, -0.15) is 0 Å². The Hall–Kier alpha value is -2.17. The molecule has 0 bridgehead atoms. The van der Waals surface area contributed by atoms with Crippen molar-refractivity contribution in [2.75, 3.05) is 11.9 Å². The highest BCUT2D eigenvalue weighted by Crippen LogP contribution is 2.31. The van der Waals surface area contributed by atoms with Gasteiger partial charge in [0.15, 0.2) is 0 Å². The number of fused-ring (bicyclic) bond motifs is 1. The molecule has 130 valence electrons. The zero-order valence-corrected chi connectivity index (χ0v) is 14.5. The van der Waals surface area contributed by atoms with Crippen LogP contribution in [0.15, 0.2) is 30.5 Å². The van der Waals surface area contributed by atoms with E-state index in [1.54, 1.807) is 0 Å². The SMILES string of the molecule is CCCCCCCCCCNc1c([N+](=O)[O-])cnc2ccccc12. The van der Waals surface area contributed by atoms with Crippen molar-refractivity contribution >= 4 is 22.3 Å². The Morgan fingerprint density at radius 1 is 1.04 bits per heavy atom. The van der Waals surface area contributed by atoms with Crippen LogP contribution in [-0.2, 0) is 0 Å². The van der Waals surface area contributed by atoms with E-state index in [0.29, 0.717) is 5.69 Å². The minimum Gasteiger partial charge on any atom is -0.379 e. The number of anilines is 1. The average Bonchev–Trinajstić information content (AvgIpc) is 2.60. The molecule has 2 aromatic rings. The molecule has 5 heteroatoms. The minimum absolute atomic E-state index is 0.0493. The zero-order valence-electron chi connectivity index (χ0n) is 14.5. The largest absolute Gasteiger partial charge is 0.379 e. The number of benzene rings is 1. The van der Waals surface area contributed by atoms with Gasteiger partial charge in [0.2, 0.25) is 0 Å². The summed E-state index contributed by atoms with van der Waals surface area (Å²) in [6.45, 7) is 2.98. The number of hydrogen-bond donors (Lipinski definition) is 1. The number of nitrogens with one attached hydrogen (secondary N) is 1. The van der Waals surface area contributed by atoms with Crippen LogP contribution >= 0.6 is 0 Å². The zero-order chi connectivity index (χ0) is 17.2. The van der Waals surface area contributed by atoms with Crippen molar-refractivity contribution in [3.63, 3.8) is 0 Å². The summed E-state index contributed by atoms with van der Waals surface area (Å²) in [6, 6.07) is 7.53. The Morgan fingerprint density at radius 3 is 2.42 bits per heavy atom. The number of unbranched alkanes of at least 4 members (excludes halogenated alkanes) is 7. The minimum atomic E-state index is -0.366. The van der Waals surface area contributed by atoms with E-state index in [0.717, 1.165) is 30.3 Å². The molecule has 1 aromatic heterocycles.